The third kappa shape index (κ3) is 4.24. The molecule has 2 aliphatic rings. The maximum atomic E-state index is 12.0. The normalized spacial score (nSPS) is 16.3. The number of urea groups is 1. The van der Waals surface area contributed by atoms with Gasteiger partial charge in [0.2, 0.25) is 17.8 Å². The molecule has 13 nitrogen and oxygen atoms in total. The lowest BCUT2D eigenvalue weighted by Gasteiger charge is -2.12. The Bertz CT molecular complexity index is 1520. The van der Waals surface area contributed by atoms with Gasteiger partial charge in [-0.25, -0.2) is 14.8 Å². The summed E-state index contributed by atoms with van der Waals surface area (Å²) in [5.74, 6) is 0.628. The molecule has 1 aromatic carbocycles. The Morgan fingerprint density at radius 2 is 1.89 bits per heavy atom. The SMILES string of the molecule is Nc1ncc(-c2ccccc2CNc2nc(NC3CC3)n3ncc(/C=C4\NC(=O)NC4=O)c3n2)cn1. The first-order chi connectivity index (χ1) is 17.5. The topological polar surface area (TPSA) is 177 Å². The molecule has 1 saturated heterocycles. The van der Waals surface area contributed by atoms with Gasteiger partial charge in [0.25, 0.3) is 5.91 Å². The first-order valence-corrected chi connectivity index (χ1v) is 11.3. The van der Waals surface area contributed by atoms with Gasteiger partial charge in [-0.05, 0) is 30.0 Å². The van der Waals surface area contributed by atoms with Crippen molar-refractivity contribution < 1.29 is 9.59 Å². The first-order valence-electron chi connectivity index (χ1n) is 11.3. The van der Waals surface area contributed by atoms with Crippen molar-refractivity contribution in [2.24, 2.45) is 0 Å². The van der Waals surface area contributed by atoms with Gasteiger partial charge < -0.3 is 21.7 Å². The molecule has 0 atom stereocenters. The Kier molecular flexibility index (Phi) is 5.13. The Hall–Kier alpha value is -5.07. The highest BCUT2D eigenvalue weighted by molar-refractivity contribution is 6.14. The van der Waals surface area contributed by atoms with E-state index < -0.39 is 11.9 Å². The van der Waals surface area contributed by atoms with Crippen molar-refractivity contribution in [2.75, 3.05) is 16.4 Å². The van der Waals surface area contributed by atoms with Crippen LogP contribution in [0, 0.1) is 0 Å². The van der Waals surface area contributed by atoms with Gasteiger partial charge in [0, 0.05) is 36.1 Å². The zero-order valence-electron chi connectivity index (χ0n) is 18.9. The van der Waals surface area contributed by atoms with Crippen LogP contribution in [0.15, 0.2) is 48.6 Å². The summed E-state index contributed by atoms with van der Waals surface area (Å²) >= 11 is 0. The van der Waals surface area contributed by atoms with Crippen LogP contribution in [-0.2, 0) is 11.3 Å². The fraction of sp³-hybridized carbons (Fsp3) is 0.174. The molecule has 3 amide bonds. The second kappa shape index (κ2) is 8.61. The largest absolute Gasteiger partial charge is 0.368 e. The van der Waals surface area contributed by atoms with Gasteiger partial charge in [-0.1, -0.05) is 24.3 Å². The van der Waals surface area contributed by atoms with Crippen LogP contribution < -0.4 is 27.0 Å². The van der Waals surface area contributed by atoms with Crippen molar-refractivity contribution in [3.8, 4) is 11.1 Å². The van der Waals surface area contributed by atoms with E-state index in [9.17, 15) is 9.59 Å². The second-order valence-electron chi connectivity index (χ2n) is 8.43. The number of benzene rings is 1. The van der Waals surface area contributed by atoms with Crippen LogP contribution in [0.3, 0.4) is 0 Å². The zero-order chi connectivity index (χ0) is 24.6. The second-order valence-corrected chi connectivity index (χ2v) is 8.43. The quantitative estimate of drug-likeness (QED) is 0.191. The third-order valence-electron chi connectivity index (χ3n) is 5.76. The third-order valence-corrected chi connectivity index (χ3v) is 5.76. The average Bonchev–Trinajstić information content (AvgIpc) is 3.51. The van der Waals surface area contributed by atoms with Gasteiger partial charge in [0.05, 0.1) is 6.20 Å². The monoisotopic (exact) mass is 483 g/mol. The van der Waals surface area contributed by atoms with E-state index in [-0.39, 0.29) is 11.6 Å². The number of fused-ring (bicyclic) bond motifs is 1. The van der Waals surface area contributed by atoms with Gasteiger partial charge >= 0.3 is 6.03 Å². The molecule has 6 N–H and O–H groups in total. The number of carbonyl (C=O) groups excluding carboxylic acids is 2. The molecule has 180 valence electrons. The Morgan fingerprint density at radius 1 is 1.08 bits per heavy atom. The maximum Gasteiger partial charge on any atom is 0.326 e. The number of imide groups is 1. The summed E-state index contributed by atoms with van der Waals surface area (Å²) in [4.78, 5) is 41.0. The van der Waals surface area contributed by atoms with Crippen molar-refractivity contribution in [3.05, 3.63) is 59.7 Å². The molecule has 1 saturated carbocycles. The van der Waals surface area contributed by atoms with E-state index in [1.165, 1.54) is 6.08 Å². The highest BCUT2D eigenvalue weighted by Gasteiger charge is 2.26. The summed E-state index contributed by atoms with van der Waals surface area (Å²) < 4.78 is 1.59. The minimum atomic E-state index is -0.569. The molecule has 0 radical (unpaired) electrons. The fourth-order valence-electron chi connectivity index (χ4n) is 3.82. The molecule has 0 spiro atoms. The number of aromatic nitrogens is 6. The van der Waals surface area contributed by atoms with Crippen LogP contribution >= 0.6 is 0 Å². The number of hydrogen-bond donors (Lipinski definition) is 5. The van der Waals surface area contributed by atoms with Crippen molar-refractivity contribution in [1.29, 1.82) is 0 Å². The number of nitrogen functional groups attached to an aromatic ring is 1. The number of anilines is 3. The maximum absolute atomic E-state index is 12.0. The Morgan fingerprint density at radius 3 is 2.64 bits per heavy atom. The molecule has 4 heterocycles. The molecule has 13 heteroatoms. The predicted octanol–water partition coefficient (Wildman–Crippen LogP) is 1.53. The fourth-order valence-corrected chi connectivity index (χ4v) is 3.82. The molecule has 0 bridgehead atoms. The number of rotatable bonds is 7. The molecular weight excluding hydrogens is 462 g/mol. The van der Waals surface area contributed by atoms with Gasteiger partial charge in [-0.3, -0.25) is 10.1 Å². The lowest BCUT2D eigenvalue weighted by molar-refractivity contribution is -0.115. The lowest BCUT2D eigenvalue weighted by atomic mass is 10.0. The molecule has 1 aliphatic carbocycles. The molecule has 6 rings (SSSR count). The van der Waals surface area contributed by atoms with Gasteiger partial charge in [0.15, 0.2) is 5.65 Å². The summed E-state index contributed by atoms with van der Waals surface area (Å²) in [6.45, 7) is 0.433. The Balaban J connectivity index is 1.33. The number of carbonyl (C=O) groups is 2. The number of nitrogens with zero attached hydrogens (tertiary/aromatic N) is 6. The smallest absolute Gasteiger partial charge is 0.326 e. The summed E-state index contributed by atoms with van der Waals surface area (Å²) in [5, 5.41) is 15.7. The lowest BCUT2D eigenvalue weighted by Crippen LogP contribution is -2.22. The molecule has 36 heavy (non-hydrogen) atoms. The van der Waals surface area contributed by atoms with E-state index in [4.69, 9.17) is 5.73 Å². The van der Waals surface area contributed by atoms with Crippen LogP contribution in [0.25, 0.3) is 22.9 Å². The molecule has 2 fully saturated rings. The summed E-state index contributed by atoms with van der Waals surface area (Å²) in [5.41, 5.74) is 9.60. The van der Waals surface area contributed by atoms with Gasteiger partial charge in [0.1, 0.15) is 5.70 Å². The molecule has 4 aromatic rings. The minimum absolute atomic E-state index is 0.124. The summed E-state index contributed by atoms with van der Waals surface area (Å²) in [7, 11) is 0. The van der Waals surface area contributed by atoms with E-state index in [1.807, 2.05) is 24.3 Å². The van der Waals surface area contributed by atoms with Crippen LogP contribution in [0.5, 0.6) is 0 Å². The van der Waals surface area contributed by atoms with E-state index in [1.54, 1.807) is 23.1 Å². The first kappa shape index (κ1) is 21.5. The average molecular weight is 483 g/mol. The van der Waals surface area contributed by atoms with Gasteiger partial charge in [-0.15, -0.1) is 0 Å². The van der Waals surface area contributed by atoms with Crippen molar-refractivity contribution >= 4 is 41.5 Å². The predicted molar refractivity (Wildman–Crippen MR) is 131 cm³/mol. The van der Waals surface area contributed by atoms with Gasteiger partial charge in [-0.2, -0.15) is 19.6 Å². The number of nitrogens with two attached hydrogens (primary N) is 1. The molecular formula is C23H21N11O2. The number of amides is 3. The standard InChI is InChI=1S/C23H21N11O2/c24-20-25-9-14(10-26-20)16-4-2-1-3-12(16)8-27-21-31-18-13(7-17-19(35)32-23(36)30-17)11-28-34(18)22(33-21)29-15-5-6-15/h1-4,7,9-11,15H,5-6,8H2,(H2,24,25,26)(H2,27,29,31,33)(H2,30,32,35,36)/b17-7-. The van der Waals surface area contributed by atoms with E-state index in [0.29, 0.717) is 35.7 Å². The van der Waals surface area contributed by atoms with Crippen molar-refractivity contribution in [1.82, 2.24) is 40.2 Å². The van der Waals surface area contributed by atoms with Crippen LogP contribution in [0.2, 0.25) is 0 Å². The van der Waals surface area contributed by atoms with E-state index >= 15 is 0 Å². The van der Waals surface area contributed by atoms with Crippen LogP contribution in [-0.4, -0.2) is 47.5 Å². The molecule has 3 aromatic heterocycles. The highest BCUT2D eigenvalue weighted by atomic mass is 16.2. The highest BCUT2D eigenvalue weighted by Crippen LogP contribution is 2.27. The minimum Gasteiger partial charge on any atom is -0.368 e. The summed E-state index contributed by atoms with van der Waals surface area (Å²) in [6, 6.07) is 7.63. The zero-order valence-corrected chi connectivity index (χ0v) is 18.9. The van der Waals surface area contributed by atoms with Crippen LogP contribution in [0.1, 0.15) is 24.0 Å². The van der Waals surface area contributed by atoms with Crippen molar-refractivity contribution in [3.63, 3.8) is 0 Å². The van der Waals surface area contributed by atoms with E-state index in [2.05, 4.69) is 46.3 Å². The number of hydrogen-bond acceptors (Lipinski definition) is 10. The molecule has 0 unspecified atom stereocenters. The number of nitrogens with one attached hydrogen (secondary N) is 4. The molecule has 1 aliphatic heterocycles. The van der Waals surface area contributed by atoms with E-state index in [0.717, 1.165) is 29.5 Å². The van der Waals surface area contributed by atoms with Crippen LogP contribution in [0.4, 0.5) is 22.6 Å². The summed E-state index contributed by atoms with van der Waals surface area (Å²) in [6.07, 6.45) is 8.59. The van der Waals surface area contributed by atoms with Crippen molar-refractivity contribution in [2.45, 2.75) is 25.4 Å². The Labute approximate surface area is 204 Å².